The summed E-state index contributed by atoms with van der Waals surface area (Å²) in [6.45, 7) is 10.6. The third-order valence-corrected chi connectivity index (χ3v) is 2.94. The Morgan fingerprint density at radius 1 is 1.20 bits per heavy atom. The van der Waals surface area contributed by atoms with E-state index in [1.807, 2.05) is 6.07 Å². The van der Waals surface area contributed by atoms with Crippen LogP contribution in [0.15, 0.2) is 12.4 Å². The van der Waals surface area contributed by atoms with E-state index in [1.54, 1.807) is 6.33 Å². The lowest BCUT2D eigenvalue weighted by Gasteiger charge is -2.27. The quantitative estimate of drug-likeness (QED) is 0.751. The molecule has 0 atom stereocenters. The van der Waals surface area contributed by atoms with Crippen molar-refractivity contribution < 1.29 is 0 Å². The fraction of sp³-hybridized carbons (Fsp3) is 0.733. The molecule has 0 bridgehead atoms. The minimum Gasteiger partial charge on any atom is -0.370 e. The number of rotatable bonds is 9. The van der Waals surface area contributed by atoms with E-state index in [0.29, 0.717) is 5.92 Å². The molecule has 0 radical (unpaired) electrons. The molecule has 0 amide bonds. The molecule has 0 aliphatic rings. The standard InChI is InChI=1S/C15H29N5/c1-6-7-16-14-10-15(18-12-17-14)20(11-13(2)3)9-8-19(4)5/h10,12-13H,6-9,11H2,1-5H3,(H,16,17,18). The zero-order chi connectivity index (χ0) is 15.0. The van der Waals surface area contributed by atoms with E-state index >= 15 is 0 Å². The van der Waals surface area contributed by atoms with E-state index in [0.717, 1.165) is 44.2 Å². The Hall–Kier alpha value is -1.36. The average Bonchev–Trinajstić information content (AvgIpc) is 2.41. The summed E-state index contributed by atoms with van der Waals surface area (Å²) in [5.41, 5.74) is 0. The Kier molecular flexibility index (Phi) is 7.30. The molecule has 1 rings (SSSR count). The Bertz CT molecular complexity index is 378. The van der Waals surface area contributed by atoms with Crippen molar-refractivity contribution in [3.8, 4) is 0 Å². The zero-order valence-corrected chi connectivity index (χ0v) is 13.6. The first kappa shape index (κ1) is 16.7. The van der Waals surface area contributed by atoms with Gasteiger partial charge in [0.05, 0.1) is 0 Å². The molecule has 0 fully saturated rings. The van der Waals surface area contributed by atoms with Crippen LogP contribution in [-0.4, -0.2) is 55.1 Å². The lowest BCUT2D eigenvalue weighted by molar-refractivity contribution is 0.408. The average molecular weight is 279 g/mol. The highest BCUT2D eigenvalue weighted by Gasteiger charge is 2.11. The SMILES string of the molecule is CCCNc1cc(N(CCN(C)C)CC(C)C)ncn1. The molecule has 0 spiro atoms. The second kappa shape index (κ2) is 8.74. The van der Waals surface area contributed by atoms with Gasteiger partial charge >= 0.3 is 0 Å². The van der Waals surface area contributed by atoms with Gasteiger partial charge in [0.2, 0.25) is 0 Å². The maximum absolute atomic E-state index is 4.44. The van der Waals surface area contributed by atoms with Crippen LogP contribution in [0.25, 0.3) is 0 Å². The maximum atomic E-state index is 4.44. The highest BCUT2D eigenvalue weighted by atomic mass is 15.2. The van der Waals surface area contributed by atoms with Gasteiger partial charge in [-0.25, -0.2) is 9.97 Å². The van der Waals surface area contributed by atoms with Crippen molar-refractivity contribution in [1.82, 2.24) is 14.9 Å². The summed E-state index contributed by atoms with van der Waals surface area (Å²) in [6, 6.07) is 2.05. The van der Waals surface area contributed by atoms with Crippen molar-refractivity contribution in [2.24, 2.45) is 5.92 Å². The molecule has 20 heavy (non-hydrogen) atoms. The fourth-order valence-corrected chi connectivity index (χ4v) is 1.93. The van der Waals surface area contributed by atoms with E-state index in [9.17, 15) is 0 Å². The van der Waals surface area contributed by atoms with Gasteiger partial charge in [0, 0.05) is 32.2 Å². The van der Waals surface area contributed by atoms with E-state index in [2.05, 4.69) is 60.0 Å². The largest absolute Gasteiger partial charge is 0.370 e. The molecule has 1 N–H and O–H groups in total. The zero-order valence-electron chi connectivity index (χ0n) is 13.6. The van der Waals surface area contributed by atoms with Crippen LogP contribution in [0.3, 0.4) is 0 Å². The summed E-state index contributed by atoms with van der Waals surface area (Å²) in [4.78, 5) is 13.2. The second-order valence-corrected chi connectivity index (χ2v) is 5.83. The first-order valence-electron chi connectivity index (χ1n) is 7.48. The number of anilines is 2. The van der Waals surface area contributed by atoms with Gasteiger partial charge in [-0.2, -0.15) is 0 Å². The lowest BCUT2D eigenvalue weighted by atomic mass is 10.2. The van der Waals surface area contributed by atoms with Crippen LogP contribution in [0.2, 0.25) is 0 Å². The number of nitrogens with one attached hydrogen (secondary N) is 1. The third-order valence-electron chi connectivity index (χ3n) is 2.94. The predicted octanol–water partition coefficient (Wildman–Crippen LogP) is 2.32. The summed E-state index contributed by atoms with van der Waals surface area (Å²) >= 11 is 0. The number of likely N-dealkylation sites (N-methyl/N-ethyl adjacent to an activating group) is 1. The van der Waals surface area contributed by atoms with E-state index in [4.69, 9.17) is 0 Å². The summed E-state index contributed by atoms with van der Waals surface area (Å²) in [5.74, 6) is 2.53. The van der Waals surface area contributed by atoms with Crippen LogP contribution in [0.1, 0.15) is 27.2 Å². The molecule has 0 saturated heterocycles. The maximum Gasteiger partial charge on any atom is 0.134 e. The minimum absolute atomic E-state index is 0.610. The van der Waals surface area contributed by atoms with Crippen LogP contribution in [-0.2, 0) is 0 Å². The van der Waals surface area contributed by atoms with Crippen LogP contribution in [0.5, 0.6) is 0 Å². The van der Waals surface area contributed by atoms with Crippen LogP contribution in [0.4, 0.5) is 11.6 Å². The molecule has 5 nitrogen and oxygen atoms in total. The van der Waals surface area contributed by atoms with Crippen molar-refractivity contribution in [2.75, 3.05) is 50.5 Å². The molecule has 5 heteroatoms. The van der Waals surface area contributed by atoms with E-state index in [1.165, 1.54) is 0 Å². The molecule has 1 heterocycles. The number of hydrogen-bond acceptors (Lipinski definition) is 5. The second-order valence-electron chi connectivity index (χ2n) is 5.83. The highest BCUT2D eigenvalue weighted by Crippen LogP contribution is 2.15. The first-order valence-corrected chi connectivity index (χ1v) is 7.48. The lowest BCUT2D eigenvalue weighted by Crippen LogP contribution is -2.35. The van der Waals surface area contributed by atoms with Crippen molar-refractivity contribution in [1.29, 1.82) is 0 Å². The Balaban J connectivity index is 2.77. The monoisotopic (exact) mass is 279 g/mol. The summed E-state index contributed by atoms with van der Waals surface area (Å²) in [5, 5.41) is 3.32. The van der Waals surface area contributed by atoms with Gasteiger partial charge in [0.15, 0.2) is 0 Å². The normalized spacial score (nSPS) is 11.2. The molecule has 114 valence electrons. The van der Waals surface area contributed by atoms with Gasteiger partial charge in [-0.1, -0.05) is 20.8 Å². The van der Waals surface area contributed by atoms with Crippen LogP contribution in [0, 0.1) is 5.92 Å². The van der Waals surface area contributed by atoms with Crippen molar-refractivity contribution in [3.05, 3.63) is 12.4 Å². The minimum atomic E-state index is 0.610. The first-order chi connectivity index (χ1) is 9.52. The summed E-state index contributed by atoms with van der Waals surface area (Å²) < 4.78 is 0. The van der Waals surface area contributed by atoms with Gasteiger partial charge in [-0.3, -0.25) is 0 Å². The van der Waals surface area contributed by atoms with E-state index < -0.39 is 0 Å². The molecule has 0 aromatic carbocycles. The summed E-state index contributed by atoms with van der Waals surface area (Å²) in [7, 11) is 4.20. The van der Waals surface area contributed by atoms with Gasteiger partial charge in [0.1, 0.15) is 18.0 Å². The smallest absolute Gasteiger partial charge is 0.134 e. The van der Waals surface area contributed by atoms with Gasteiger partial charge in [-0.05, 0) is 26.4 Å². The van der Waals surface area contributed by atoms with Gasteiger partial charge < -0.3 is 15.1 Å². The summed E-state index contributed by atoms with van der Waals surface area (Å²) in [6.07, 6.45) is 2.74. The number of nitrogens with zero attached hydrogens (tertiary/aromatic N) is 4. The molecule has 0 aliphatic heterocycles. The Morgan fingerprint density at radius 3 is 2.55 bits per heavy atom. The molecule has 0 aliphatic carbocycles. The molecule has 0 saturated carbocycles. The van der Waals surface area contributed by atoms with E-state index in [-0.39, 0.29) is 0 Å². The van der Waals surface area contributed by atoms with Crippen LogP contribution < -0.4 is 10.2 Å². The Labute approximate surface area is 123 Å². The fourth-order valence-electron chi connectivity index (χ4n) is 1.93. The Morgan fingerprint density at radius 2 is 1.95 bits per heavy atom. The van der Waals surface area contributed by atoms with Crippen molar-refractivity contribution in [3.63, 3.8) is 0 Å². The van der Waals surface area contributed by atoms with Gasteiger partial charge in [0.25, 0.3) is 0 Å². The predicted molar refractivity (Wildman–Crippen MR) is 86.4 cm³/mol. The molecule has 1 aromatic heterocycles. The molecule has 1 aromatic rings. The van der Waals surface area contributed by atoms with Crippen molar-refractivity contribution in [2.45, 2.75) is 27.2 Å². The number of aromatic nitrogens is 2. The molecular weight excluding hydrogens is 250 g/mol. The van der Waals surface area contributed by atoms with Crippen LogP contribution >= 0.6 is 0 Å². The highest BCUT2D eigenvalue weighted by molar-refractivity contribution is 5.48. The molecule has 0 unspecified atom stereocenters. The molecular formula is C15H29N5. The number of hydrogen-bond donors (Lipinski definition) is 1. The third kappa shape index (κ3) is 6.19. The van der Waals surface area contributed by atoms with Gasteiger partial charge in [-0.15, -0.1) is 0 Å². The topological polar surface area (TPSA) is 44.3 Å². The van der Waals surface area contributed by atoms with Crippen molar-refractivity contribution >= 4 is 11.6 Å².